The number of nitrogens with one attached hydrogen (secondary N) is 1. The molecule has 0 aliphatic heterocycles. The van der Waals surface area contributed by atoms with E-state index in [1.807, 2.05) is 31.2 Å². The van der Waals surface area contributed by atoms with Gasteiger partial charge in [0.25, 0.3) is 5.91 Å². The summed E-state index contributed by atoms with van der Waals surface area (Å²) in [5.41, 5.74) is 3.15. The van der Waals surface area contributed by atoms with Gasteiger partial charge in [0.1, 0.15) is 18.2 Å². The second-order valence-corrected chi connectivity index (χ2v) is 7.19. The number of carboxylic acid groups (broad SMARTS) is 1. The van der Waals surface area contributed by atoms with Crippen LogP contribution in [0.25, 0.3) is 6.08 Å². The van der Waals surface area contributed by atoms with Gasteiger partial charge in [-0.25, -0.2) is 4.79 Å². The van der Waals surface area contributed by atoms with Gasteiger partial charge in [-0.15, -0.1) is 0 Å². The molecule has 0 saturated heterocycles. The number of hydrogen-bond donors (Lipinski definition) is 2. The third-order valence-corrected chi connectivity index (χ3v) is 4.73. The number of amides is 1. The van der Waals surface area contributed by atoms with Crippen LogP contribution < -0.4 is 14.8 Å². The fourth-order valence-electron chi connectivity index (χ4n) is 3.03. The maximum Gasteiger partial charge on any atom is 0.335 e. The van der Waals surface area contributed by atoms with Gasteiger partial charge in [0.2, 0.25) is 0 Å². The van der Waals surface area contributed by atoms with E-state index in [-0.39, 0.29) is 17.7 Å². The van der Waals surface area contributed by atoms with E-state index in [1.54, 1.807) is 36.4 Å². The fraction of sp³-hybridized carbons (Fsp3) is 0.115. The van der Waals surface area contributed by atoms with E-state index in [0.717, 1.165) is 11.1 Å². The molecule has 0 aliphatic carbocycles. The molecule has 0 aromatic heterocycles. The molecule has 0 heterocycles. The van der Waals surface area contributed by atoms with Gasteiger partial charge in [-0.3, -0.25) is 4.79 Å². The molecule has 0 saturated carbocycles. The minimum atomic E-state index is -0.989. The monoisotopic (exact) mass is 442 g/mol. The van der Waals surface area contributed by atoms with Gasteiger partial charge in [-0.1, -0.05) is 30.3 Å². The Labute approximate surface area is 191 Å². The maximum atomic E-state index is 12.5. The van der Waals surface area contributed by atoms with Crippen molar-refractivity contribution in [3.63, 3.8) is 0 Å². The SMILES string of the molecule is COc1cc(/C=C(/C#N)C(=O)Nc2cccc(C)c2)ccc1OCc1ccc(C(=O)O)cc1. The van der Waals surface area contributed by atoms with Crippen LogP contribution in [0.3, 0.4) is 0 Å². The molecule has 33 heavy (non-hydrogen) atoms. The Morgan fingerprint density at radius 1 is 1.06 bits per heavy atom. The Morgan fingerprint density at radius 3 is 2.45 bits per heavy atom. The van der Waals surface area contributed by atoms with Crippen LogP contribution in [0.1, 0.15) is 27.0 Å². The first-order chi connectivity index (χ1) is 15.9. The van der Waals surface area contributed by atoms with Crippen LogP contribution in [0.5, 0.6) is 11.5 Å². The predicted molar refractivity (Wildman–Crippen MR) is 124 cm³/mol. The molecule has 3 aromatic rings. The van der Waals surface area contributed by atoms with Crippen molar-refractivity contribution in [2.24, 2.45) is 0 Å². The minimum Gasteiger partial charge on any atom is -0.493 e. The molecule has 1 amide bonds. The van der Waals surface area contributed by atoms with E-state index >= 15 is 0 Å². The first kappa shape index (κ1) is 23.1. The van der Waals surface area contributed by atoms with E-state index in [9.17, 15) is 14.9 Å². The second kappa shape index (κ2) is 10.6. The molecule has 7 heteroatoms. The maximum absolute atomic E-state index is 12.5. The summed E-state index contributed by atoms with van der Waals surface area (Å²) in [6, 6.07) is 20.7. The molecule has 7 nitrogen and oxygen atoms in total. The highest BCUT2D eigenvalue weighted by Gasteiger charge is 2.12. The number of nitriles is 1. The lowest BCUT2D eigenvalue weighted by Crippen LogP contribution is -2.13. The number of carboxylic acids is 1. The average Bonchev–Trinajstić information content (AvgIpc) is 2.81. The highest BCUT2D eigenvalue weighted by molar-refractivity contribution is 6.09. The third-order valence-electron chi connectivity index (χ3n) is 4.73. The average molecular weight is 442 g/mol. The van der Waals surface area contributed by atoms with Crippen LogP contribution in [0.4, 0.5) is 5.69 Å². The molecule has 0 spiro atoms. The molecule has 0 fully saturated rings. The topological polar surface area (TPSA) is 109 Å². The zero-order chi connectivity index (χ0) is 23.8. The molecule has 166 valence electrons. The summed E-state index contributed by atoms with van der Waals surface area (Å²) in [5.74, 6) is -0.591. The summed E-state index contributed by atoms with van der Waals surface area (Å²) < 4.78 is 11.2. The van der Waals surface area contributed by atoms with Crippen molar-refractivity contribution >= 4 is 23.6 Å². The van der Waals surface area contributed by atoms with Crippen LogP contribution in [0.15, 0.2) is 72.3 Å². The van der Waals surface area contributed by atoms with Gasteiger partial charge < -0.3 is 19.9 Å². The largest absolute Gasteiger partial charge is 0.493 e. The lowest BCUT2D eigenvalue weighted by molar-refractivity contribution is -0.112. The number of hydrogen-bond acceptors (Lipinski definition) is 5. The van der Waals surface area contributed by atoms with Crippen LogP contribution in [-0.4, -0.2) is 24.1 Å². The van der Waals surface area contributed by atoms with Gasteiger partial charge >= 0.3 is 5.97 Å². The van der Waals surface area contributed by atoms with Crippen LogP contribution in [0, 0.1) is 18.3 Å². The molecule has 0 aliphatic rings. The van der Waals surface area contributed by atoms with Gasteiger partial charge in [0, 0.05) is 5.69 Å². The van der Waals surface area contributed by atoms with E-state index < -0.39 is 11.9 Å². The number of ether oxygens (including phenoxy) is 2. The van der Waals surface area contributed by atoms with Gasteiger partial charge in [-0.05, 0) is 66.1 Å². The normalized spacial score (nSPS) is 10.8. The third kappa shape index (κ3) is 6.21. The zero-order valence-electron chi connectivity index (χ0n) is 18.2. The molecule has 0 bridgehead atoms. The lowest BCUT2D eigenvalue weighted by Gasteiger charge is -2.12. The highest BCUT2D eigenvalue weighted by Crippen LogP contribution is 2.30. The minimum absolute atomic E-state index is 0.0502. The fourth-order valence-corrected chi connectivity index (χ4v) is 3.03. The van der Waals surface area contributed by atoms with Crippen molar-refractivity contribution in [1.29, 1.82) is 5.26 Å². The van der Waals surface area contributed by atoms with E-state index in [4.69, 9.17) is 14.6 Å². The molecule has 0 unspecified atom stereocenters. The van der Waals surface area contributed by atoms with Crippen LogP contribution in [-0.2, 0) is 11.4 Å². The lowest BCUT2D eigenvalue weighted by atomic mass is 10.1. The number of aromatic carboxylic acids is 1. The smallest absolute Gasteiger partial charge is 0.335 e. The molecular formula is C26H22N2O5. The molecule has 2 N–H and O–H groups in total. The number of rotatable bonds is 8. The molecule has 0 atom stereocenters. The summed E-state index contributed by atoms with van der Waals surface area (Å²) in [6.45, 7) is 2.13. The zero-order valence-corrected chi connectivity index (χ0v) is 18.2. The Hall–Kier alpha value is -4.57. The molecule has 3 rings (SSSR count). The molecule has 0 radical (unpaired) electrons. The van der Waals surface area contributed by atoms with Crippen LogP contribution in [0.2, 0.25) is 0 Å². The van der Waals surface area contributed by atoms with Gasteiger partial charge in [-0.2, -0.15) is 5.26 Å². The van der Waals surface area contributed by atoms with Crippen molar-refractivity contribution in [1.82, 2.24) is 0 Å². The second-order valence-electron chi connectivity index (χ2n) is 7.19. The summed E-state index contributed by atoms with van der Waals surface area (Å²) in [4.78, 5) is 23.5. The molecule has 3 aromatic carbocycles. The Bertz CT molecular complexity index is 1240. The number of carbonyl (C=O) groups is 2. The van der Waals surface area contributed by atoms with E-state index in [1.165, 1.54) is 25.3 Å². The highest BCUT2D eigenvalue weighted by atomic mass is 16.5. The Kier molecular flexibility index (Phi) is 7.45. The molecular weight excluding hydrogens is 420 g/mol. The first-order valence-corrected chi connectivity index (χ1v) is 10.0. The quantitative estimate of drug-likeness (QED) is 0.382. The number of aryl methyl sites for hydroxylation is 1. The summed E-state index contributed by atoms with van der Waals surface area (Å²) in [6.07, 6.45) is 1.47. The van der Waals surface area contributed by atoms with Crippen molar-refractivity contribution in [2.75, 3.05) is 12.4 Å². The Morgan fingerprint density at radius 2 is 1.82 bits per heavy atom. The first-order valence-electron chi connectivity index (χ1n) is 10.0. The standard InChI is InChI=1S/C26H22N2O5/c1-17-4-3-5-22(12-17)28-25(29)21(15-27)13-19-8-11-23(24(14-19)32-2)33-16-18-6-9-20(10-7-18)26(30)31/h3-14H,16H2,1-2H3,(H,28,29)(H,30,31)/b21-13-. The number of nitrogens with zero attached hydrogens (tertiary/aromatic N) is 1. The predicted octanol–water partition coefficient (Wildman–Crippen LogP) is 4.83. The summed E-state index contributed by atoms with van der Waals surface area (Å²) in [7, 11) is 1.49. The van der Waals surface area contributed by atoms with Crippen LogP contribution >= 0.6 is 0 Å². The van der Waals surface area contributed by atoms with Crippen molar-refractivity contribution in [2.45, 2.75) is 13.5 Å². The summed E-state index contributed by atoms with van der Waals surface area (Å²) >= 11 is 0. The number of anilines is 1. The summed E-state index contributed by atoms with van der Waals surface area (Å²) in [5, 5.41) is 21.2. The number of benzene rings is 3. The van der Waals surface area contributed by atoms with Crippen molar-refractivity contribution < 1.29 is 24.2 Å². The van der Waals surface area contributed by atoms with E-state index in [0.29, 0.717) is 22.7 Å². The van der Waals surface area contributed by atoms with Crippen molar-refractivity contribution in [3.05, 3.63) is 94.6 Å². The number of carbonyl (C=O) groups excluding carboxylic acids is 1. The van der Waals surface area contributed by atoms with Gasteiger partial charge in [0.15, 0.2) is 11.5 Å². The van der Waals surface area contributed by atoms with Crippen molar-refractivity contribution in [3.8, 4) is 17.6 Å². The van der Waals surface area contributed by atoms with Gasteiger partial charge in [0.05, 0.1) is 12.7 Å². The number of methoxy groups -OCH3 is 1. The Balaban J connectivity index is 1.73. The van der Waals surface area contributed by atoms with E-state index in [2.05, 4.69) is 5.32 Å².